The molecule has 7 rings (SSSR count). The van der Waals surface area contributed by atoms with Crippen LogP contribution in [0.3, 0.4) is 0 Å². The van der Waals surface area contributed by atoms with Gasteiger partial charge in [0.1, 0.15) is 40.5 Å². The molecule has 2 N–H and O–H groups in total. The average Bonchev–Trinajstić information content (AvgIpc) is 3.74. The number of nitriles is 1. The molecule has 1 saturated carbocycles. The molecule has 1 aliphatic heterocycles. The zero-order valence-electron chi connectivity index (χ0n) is 37.0. The Bertz CT molecular complexity index is 2520. The Kier molecular flexibility index (Phi) is 14.0. The van der Waals surface area contributed by atoms with Gasteiger partial charge in [0.25, 0.3) is 5.91 Å². The molecule has 2 aromatic heterocycles. The smallest absolute Gasteiger partial charge is 0.251 e. The number of aromatic nitrogens is 3. The maximum absolute atomic E-state index is 13.3. The number of halogens is 2. The second kappa shape index (κ2) is 19.3. The monoisotopic (exact) mass is 907 g/mol. The summed E-state index contributed by atoms with van der Waals surface area (Å²) in [5, 5.41) is 26.5. The molecule has 2 aliphatic rings. The van der Waals surface area contributed by atoms with Gasteiger partial charge >= 0.3 is 0 Å². The summed E-state index contributed by atoms with van der Waals surface area (Å²) < 4.78 is 14.4. The number of hydrogen-bond donors (Lipinski definition) is 2. The average molecular weight is 909 g/mol. The second-order valence-corrected chi connectivity index (χ2v) is 19.8. The molecular weight excluding hydrogens is 854 g/mol. The molecule has 63 heavy (non-hydrogen) atoms. The Morgan fingerprint density at radius 1 is 0.873 bits per heavy atom. The minimum atomic E-state index is -0.493. The molecule has 14 heteroatoms. The number of aryl methyl sites for hydroxylation is 2. The number of nitrogens with zero attached hydrogens (tertiary/aromatic N) is 5. The number of hydrogen-bond acceptors (Lipinski definition) is 9. The Morgan fingerprint density at radius 3 is 2.22 bits per heavy atom. The van der Waals surface area contributed by atoms with Gasteiger partial charge in [-0.2, -0.15) is 5.26 Å². The topological polar surface area (TPSA) is 144 Å². The van der Waals surface area contributed by atoms with Crippen LogP contribution < -0.4 is 20.1 Å². The summed E-state index contributed by atoms with van der Waals surface area (Å²) in [4.78, 5) is 33.1. The number of aliphatic imine (C=N–C) groups is 1. The summed E-state index contributed by atoms with van der Waals surface area (Å²) in [7, 11) is 0. The van der Waals surface area contributed by atoms with E-state index in [4.69, 9.17) is 37.7 Å². The number of carbonyl (C=O) groups is 2. The first-order valence-corrected chi connectivity index (χ1v) is 23.2. The number of amides is 2. The molecule has 0 unspecified atom stereocenters. The van der Waals surface area contributed by atoms with Gasteiger partial charge in [0.05, 0.1) is 29.3 Å². The van der Waals surface area contributed by atoms with Crippen molar-refractivity contribution in [3.63, 3.8) is 0 Å². The van der Waals surface area contributed by atoms with E-state index in [9.17, 15) is 14.9 Å². The van der Waals surface area contributed by atoms with Crippen LogP contribution in [0.15, 0.2) is 71.7 Å². The van der Waals surface area contributed by atoms with Gasteiger partial charge in [-0.1, -0.05) is 88.7 Å². The number of ether oxygens (including phenoxy) is 2. The molecule has 3 aromatic carbocycles. The number of carbonyl (C=O) groups excluding carboxylic acids is 2. The molecular formula is C49H55Cl2N7O4S. The highest BCUT2D eigenvalue weighted by atomic mass is 35.5. The van der Waals surface area contributed by atoms with Crippen molar-refractivity contribution in [2.45, 2.75) is 112 Å². The predicted octanol–water partition coefficient (Wildman–Crippen LogP) is 10.9. The van der Waals surface area contributed by atoms with E-state index < -0.39 is 6.04 Å². The van der Waals surface area contributed by atoms with E-state index in [1.54, 1.807) is 41.7 Å². The van der Waals surface area contributed by atoms with Crippen molar-refractivity contribution in [2.75, 3.05) is 13.2 Å². The van der Waals surface area contributed by atoms with Crippen molar-refractivity contribution in [3.8, 4) is 22.6 Å². The van der Waals surface area contributed by atoms with Crippen molar-refractivity contribution in [3.05, 3.63) is 121 Å². The van der Waals surface area contributed by atoms with Crippen LogP contribution in [0.5, 0.6) is 11.5 Å². The summed E-state index contributed by atoms with van der Waals surface area (Å²) in [6.07, 6.45) is 6.04. The van der Waals surface area contributed by atoms with E-state index in [0.29, 0.717) is 45.9 Å². The quantitative estimate of drug-likeness (QED) is 0.0884. The summed E-state index contributed by atoms with van der Waals surface area (Å²) in [6.45, 7) is 15.7. The molecule has 1 aliphatic carbocycles. The van der Waals surface area contributed by atoms with Gasteiger partial charge in [0.15, 0.2) is 5.82 Å². The minimum absolute atomic E-state index is 0.0614. The highest BCUT2D eigenvalue weighted by molar-refractivity contribution is 7.15. The molecule has 1 atom stereocenters. The first-order chi connectivity index (χ1) is 30.1. The number of nitrogens with one attached hydrogen (secondary N) is 2. The number of fused-ring (bicyclic) bond motifs is 3. The fraction of sp³-hybridized carbons (Fsp3) is 0.429. The number of thiophene rings is 1. The Hall–Kier alpha value is -5.22. The fourth-order valence-electron chi connectivity index (χ4n) is 9.25. The van der Waals surface area contributed by atoms with E-state index >= 15 is 0 Å². The number of rotatable bonds is 17. The molecule has 330 valence electrons. The molecule has 5 aromatic rings. The van der Waals surface area contributed by atoms with Crippen molar-refractivity contribution >= 4 is 52.1 Å². The van der Waals surface area contributed by atoms with Crippen LogP contribution in [0.2, 0.25) is 10.0 Å². The van der Waals surface area contributed by atoms with E-state index in [1.807, 2.05) is 43.3 Å². The Morgan fingerprint density at radius 2 is 1.54 bits per heavy atom. The summed E-state index contributed by atoms with van der Waals surface area (Å²) >= 11 is 14.2. The summed E-state index contributed by atoms with van der Waals surface area (Å²) in [6, 6.07) is 21.5. The predicted molar refractivity (Wildman–Crippen MR) is 250 cm³/mol. The highest BCUT2D eigenvalue weighted by Crippen LogP contribution is 2.55. The molecule has 0 spiro atoms. The molecule has 0 radical (unpaired) electrons. The Labute approximate surface area is 384 Å². The Balaban J connectivity index is 0.804. The normalized spacial score (nSPS) is 18.2. The molecule has 2 amide bonds. The van der Waals surface area contributed by atoms with Gasteiger partial charge in [-0.3, -0.25) is 19.1 Å². The van der Waals surface area contributed by atoms with E-state index in [0.717, 1.165) is 77.5 Å². The van der Waals surface area contributed by atoms with E-state index in [2.05, 4.69) is 73.0 Å². The number of unbranched alkanes of at least 4 members (excludes halogenated alkanes) is 5. The summed E-state index contributed by atoms with van der Waals surface area (Å²) in [5.74, 6) is 2.56. The molecule has 11 nitrogen and oxygen atoms in total. The molecule has 0 bridgehead atoms. The maximum Gasteiger partial charge on any atom is 0.251 e. The van der Waals surface area contributed by atoms with Gasteiger partial charge in [-0.05, 0) is 87.7 Å². The summed E-state index contributed by atoms with van der Waals surface area (Å²) in [5.41, 5.74) is 4.24. The van der Waals surface area contributed by atoms with Crippen LogP contribution in [0, 0.1) is 42.9 Å². The highest BCUT2D eigenvalue weighted by Gasteiger charge is 2.64. The first kappa shape index (κ1) is 45.8. The molecule has 0 saturated heterocycles. The van der Waals surface area contributed by atoms with Crippen LogP contribution in [0.25, 0.3) is 5.00 Å². The maximum atomic E-state index is 13.3. The van der Waals surface area contributed by atoms with E-state index in [1.165, 1.54) is 4.88 Å². The third-order valence-electron chi connectivity index (χ3n) is 12.4. The van der Waals surface area contributed by atoms with Gasteiger partial charge < -0.3 is 20.1 Å². The number of benzene rings is 3. The lowest BCUT2D eigenvalue weighted by Crippen LogP contribution is -2.74. The van der Waals surface area contributed by atoms with Gasteiger partial charge in [-0.15, -0.1) is 21.5 Å². The zero-order valence-corrected chi connectivity index (χ0v) is 39.3. The van der Waals surface area contributed by atoms with Crippen molar-refractivity contribution < 1.29 is 19.1 Å². The van der Waals surface area contributed by atoms with Crippen molar-refractivity contribution in [1.82, 2.24) is 25.4 Å². The van der Waals surface area contributed by atoms with Crippen LogP contribution >= 0.6 is 34.5 Å². The van der Waals surface area contributed by atoms with Crippen LogP contribution in [-0.4, -0.2) is 57.6 Å². The molecule has 3 heterocycles. The third kappa shape index (κ3) is 9.81. The lowest BCUT2D eigenvalue weighted by atomic mass is 9.49. The van der Waals surface area contributed by atoms with Crippen LogP contribution in [0.4, 0.5) is 0 Å². The van der Waals surface area contributed by atoms with E-state index in [-0.39, 0.29) is 41.2 Å². The van der Waals surface area contributed by atoms with Gasteiger partial charge in [-0.25, -0.2) is 0 Å². The largest absolute Gasteiger partial charge is 0.494 e. The lowest BCUT2D eigenvalue weighted by Gasteiger charge is -2.63. The van der Waals surface area contributed by atoms with Crippen LogP contribution in [-0.2, 0) is 4.79 Å². The first-order valence-electron chi connectivity index (χ1n) is 21.6. The standard InChI is InChI=1S/C49H55Cl2N7O4S/c1-29-30(2)63-45-41(29)42(32-14-19-35(50)20-15-32)54-39(43-57-56-31(3)58(43)45)27-40(59)53-24-12-10-8-9-11-13-25-61-36-21-16-33(17-22-36)44(60)55-46-48(4,5)47(49(46,6)7)62-37-23-18-34(28-52)38(51)26-37/h14-23,26,39,46-47H,8-13,24-25,27H2,1-7H3,(H,53,59)(H,55,60)/t39-,46?,47?/m0/s1. The fourth-order valence-corrected chi connectivity index (χ4v) is 10.8. The van der Waals surface area contributed by atoms with Crippen molar-refractivity contribution in [2.24, 2.45) is 15.8 Å². The zero-order chi connectivity index (χ0) is 45.1. The molecule has 1 fully saturated rings. The van der Waals surface area contributed by atoms with Crippen molar-refractivity contribution in [1.29, 1.82) is 5.26 Å². The SMILES string of the molecule is Cc1sc2c(c1C)C(c1ccc(Cl)cc1)=N[C@@H](CC(=O)NCCCCCCCCOc1ccc(C(=O)NC3C(C)(C)C(Oc4ccc(C#N)c(Cl)c4)C3(C)C)cc1)c1nnc(C)n1-2. The van der Waals surface area contributed by atoms with Crippen LogP contribution in [0.1, 0.15) is 128 Å². The second-order valence-electron chi connectivity index (χ2n) is 17.8. The third-order valence-corrected chi connectivity index (χ3v) is 14.2. The van der Waals surface area contributed by atoms with Gasteiger partial charge in [0, 0.05) is 56.1 Å². The minimum Gasteiger partial charge on any atom is -0.494 e. The van der Waals surface area contributed by atoms with Gasteiger partial charge in [0.2, 0.25) is 5.91 Å². The lowest BCUT2D eigenvalue weighted by molar-refractivity contribution is -0.164.